The fraction of sp³-hybridized carbons (Fsp3) is 1.00. The Bertz CT molecular complexity index is 320. The maximum absolute atomic E-state index is 5.51. The molecular formula is C19H32O2. The van der Waals surface area contributed by atoms with Crippen molar-refractivity contribution in [3.8, 4) is 0 Å². The van der Waals surface area contributed by atoms with Crippen molar-refractivity contribution >= 4 is 0 Å². The maximum atomic E-state index is 5.51. The van der Waals surface area contributed by atoms with Gasteiger partial charge in [-0.1, -0.05) is 13.8 Å². The zero-order valence-electron chi connectivity index (χ0n) is 13.9. The van der Waals surface area contributed by atoms with Gasteiger partial charge in [0, 0.05) is 0 Å². The van der Waals surface area contributed by atoms with E-state index >= 15 is 0 Å². The van der Waals surface area contributed by atoms with Crippen LogP contribution in [0.1, 0.15) is 65.2 Å². The molecule has 0 N–H and O–H groups in total. The molecule has 4 rings (SSSR count). The van der Waals surface area contributed by atoms with Gasteiger partial charge in [0.15, 0.2) is 0 Å². The highest BCUT2D eigenvalue weighted by Crippen LogP contribution is 2.51. The SMILES string of the molecule is CC(C)(C1CCC(C2CO2)CC1)C1CCC(C2CO2)CC1. The van der Waals surface area contributed by atoms with Gasteiger partial charge >= 0.3 is 0 Å². The number of hydrogen-bond acceptors (Lipinski definition) is 2. The first-order valence-corrected chi connectivity index (χ1v) is 9.38. The standard InChI is InChI=1S/C19H32O2/c1-19(2,15-7-3-13(4-8-15)17-11-20-17)16-9-5-14(6-10-16)18-12-21-18/h13-18H,3-12H2,1-2H3. The third kappa shape index (κ3) is 3.03. The molecule has 0 spiro atoms. The highest BCUT2D eigenvalue weighted by Gasteiger charge is 2.44. The number of hydrogen-bond donors (Lipinski definition) is 0. The molecule has 2 unspecified atom stereocenters. The molecule has 2 saturated carbocycles. The zero-order valence-corrected chi connectivity index (χ0v) is 13.9. The Balaban J connectivity index is 1.30. The van der Waals surface area contributed by atoms with E-state index in [0.717, 1.165) is 36.9 Å². The Morgan fingerprint density at radius 3 is 1.24 bits per heavy atom. The molecule has 2 aliphatic heterocycles. The summed E-state index contributed by atoms with van der Waals surface area (Å²) in [6.45, 7) is 7.24. The molecule has 0 aromatic heterocycles. The van der Waals surface area contributed by atoms with E-state index in [4.69, 9.17) is 9.47 Å². The van der Waals surface area contributed by atoms with Crippen LogP contribution in [-0.2, 0) is 9.47 Å². The van der Waals surface area contributed by atoms with E-state index in [2.05, 4.69) is 13.8 Å². The summed E-state index contributed by atoms with van der Waals surface area (Å²) in [7, 11) is 0. The van der Waals surface area contributed by atoms with Gasteiger partial charge in [-0.05, 0) is 80.5 Å². The molecule has 0 aromatic carbocycles. The lowest BCUT2D eigenvalue weighted by molar-refractivity contribution is 0.0329. The summed E-state index contributed by atoms with van der Waals surface area (Å²) in [6.07, 6.45) is 12.8. The average molecular weight is 292 g/mol. The summed E-state index contributed by atoms with van der Waals surface area (Å²) < 4.78 is 11.0. The quantitative estimate of drug-likeness (QED) is 0.716. The van der Waals surface area contributed by atoms with Crippen LogP contribution in [-0.4, -0.2) is 25.4 Å². The molecular weight excluding hydrogens is 260 g/mol. The molecule has 4 aliphatic rings. The van der Waals surface area contributed by atoms with Crippen molar-refractivity contribution in [2.24, 2.45) is 29.1 Å². The van der Waals surface area contributed by atoms with E-state index in [1.165, 1.54) is 51.4 Å². The number of epoxide rings is 2. The van der Waals surface area contributed by atoms with Crippen LogP contribution in [0.5, 0.6) is 0 Å². The first-order chi connectivity index (χ1) is 10.1. The summed E-state index contributed by atoms with van der Waals surface area (Å²) in [6, 6.07) is 0. The van der Waals surface area contributed by atoms with Crippen LogP contribution in [0, 0.1) is 29.1 Å². The highest BCUT2D eigenvalue weighted by molar-refractivity contribution is 4.94. The third-order valence-corrected chi connectivity index (χ3v) is 7.42. The molecule has 2 aliphatic carbocycles. The van der Waals surface area contributed by atoms with Crippen LogP contribution in [0.25, 0.3) is 0 Å². The number of rotatable bonds is 4. The molecule has 4 fully saturated rings. The second-order valence-electron chi connectivity index (χ2n) is 8.79. The van der Waals surface area contributed by atoms with Gasteiger partial charge in [-0.15, -0.1) is 0 Å². The van der Waals surface area contributed by atoms with Gasteiger partial charge in [0.1, 0.15) is 0 Å². The molecule has 2 atom stereocenters. The Kier molecular flexibility index (Phi) is 3.82. The minimum absolute atomic E-state index is 0.546. The summed E-state index contributed by atoms with van der Waals surface area (Å²) in [5, 5.41) is 0. The molecule has 2 saturated heterocycles. The lowest BCUT2D eigenvalue weighted by Crippen LogP contribution is -2.38. The van der Waals surface area contributed by atoms with Crippen LogP contribution in [0.15, 0.2) is 0 Å². The molecule has 2 heterocycles. The minimum atomic E-state index is 0.546. The fourth-order valence-electron chi connectivity index (χ4n) is 5.46. The van der Waals surface area contributed by atoms with Gasteiger partial charge in [-0.2, -0.15) is 0 Å². The van der Waals surface area contributed by atoms with E-state index in [1.54, 1.807) is 0 Å². The van der Waals surface area contributed by atoms with Crippen LogP contribution in [0.3, 0.4) is 0 Å². The highest BCUT2D eigenvalue weighted by atomic mass is 16.6. The lowest BCUT2D eigenvalue weighted by Gasteiger charge is -2.46. The first-order valence-electron chi connectivity index (χ1n) is 9.38. The molecule has 120 valence electrons. The van der Waals surface area contributed by atoms with Gasteiger partial charge in [-0.25, -0.2) is 0 Å². The second kappa shape index (κ2) is 5.53. The third-order valence-electron chi connectivity index (χ3n) is 7.42. The Labute approximate surface area is 130 Å². The molecule has 2 heteroatoms. The van der Waals surface area contributed by atoms with Crippen molar-refractivity contribution in [2.75, 3.05) is 13.2 Å². The lowest BCUT2D eigenvalue weighted by atomic mass is 9.59. The van der Waals surface area contributed by atoms with Crippen molar-refractivity contribution in [3.63, 3.8) is 0 Å². The molecule has 2 nitrogen and oxygen atoms in total. The Morgan fingerprint density at radius 2 is 0.952 bits per heavy atom. The largest absolute Gasteiger partial charge is 0.373 e. The monoisotopic (exact) mass is 292 g/mol. The van der Waals surface area contributed by atoms with E-state index in [-0.39, 0.29) is 0 Å². The molecule has 0 bridgehead atoms. The van der Waals surface area contributed by atoms with Crippen molar-refractivity contribution in [1.29, 1.82) is 0 Å². The first kappa shape index (κ1) is 14.5. The topological polar surface area (TPSA) is 25.1 Å². The predicted molar refractivity (Wildman–Crippen MR) is 84.2 cm³/mol. The molecule has 0 aromatic rings. The van der Waals surface area contributed by atoms with Crippen LogP contribution < -0.4 is 0 Å². The van der Waals surface area contributed by atoms with Crippen molar-refractivity contribution in [2.45, 2.75) is 77.4 Å². The van der Waals surface area contributed by atoms with E-state index in [0.29, 0.717) is 17.6 Å². The summed E-state index contributed by atoms with van der Waals surface area (Å²) >= 11 is 0. The minimum Gasteiger partial charge on any atom is -0.373 e. The van der Waals surface area contributed by atoms with E-state index in [1.807, 2.05) is 0 Å². The molecule has 0 radical (unpaired) electrons. The van der Waals surface area contributed by atoms with Crippen LogP contribution in [0.4, 0.5) is 0 Å². The van der Waals surface area contributed by atoms with Gasteiger partial charge < -0.3 is 9.47 Å². The van der Waals surface area contributed by atoms with Gasteiger partial charge in [-0.3, -0.25) is 0 Å². The van der Waals surface area contributed by atoms with E-state index < -0.39 is 0 Å². The summed E-state index contributed by atoms with van der Waals surface area (Å²) in [4.78, 5) is 0. The number of ether oxygens (including phenoxy) is 2. The van der Waals surface area contributed by atoms with Crippen molar-refractivity contribution in [1.82, 2.24) is 0 Å². The van der Waals surface area contributed by atoms with E-state index in [9.17, 15) is 0 Å². The Hall–Kier alpha value is -0.0800. The smallest absolute Gasteiger partial charge is 0.0838 e. The normalized spacial score (nSPS) is 47.1. The molecule has 0 amide bonds. The maximum Gasteiger partial charge on any atom is 0.0838 e. The van der Waals surface area contributed by atoms with Gasteiger partial charge in [0.05, 0.1) is 25.4 Å². The zero-order chi connectivity index (χ0) is 14.4. The summed E-state index contributed by atoms with van der Waals surface area (Å²) in [5.74, 6) is 3.68. The predicted octanol–water partition coefficient (Wildman–Crippen LogP) is 4.42. The molecule has 21 heavy (non-hydrogen) atoms. The van der Waals surface area contributed by atoms with Crippen molar-refractivity contribution in [3.05, 3.63) is 0 Å². The van der Waals surface area contributed by atoms with Crippen LogP contribution >= 0.6 is 0 Å². The van der Waals surface area contributed by atoms with Gasteiger partial charge in [0.25, 0.3) is 0 Å². The van der Waals surface area contributed by atoms with Crippen molar-refractivity contribution < 1.29 is 9.47 Å². The Morgan fingerprint density at radius 1 is 0.619 bits per heavy atom. The second-order valence-corrected chi connectivity index (χ2v) is 8.79. The van der Waals surface area contributed by atoms with Gasteiger partial charge in [0.2, 0.25) is 0 Å². The van der Waals surface area contributed by atoms with Crippen LogP contribution in [0.2, 0.25) is 0 Å². The summed E-state index contributed by atoms with van der Waals surface area (Å²) in [5.41, 5.74) is 0.546. The fourth-order valence-corrected chi connectivity index (χ4v) is 5.46. The average Bonchev–Trinajstić information content (AvgIpc) is 3.41.